The van der Waals surface area contributed by atoms with Gasteiger partial charge in [0.15, 0.2) is 0 Å². The first-order valence-corrected chi connectivity index (χ1v) is 5.08. The molecule has 1 aromatic heterocycles. The van der Waals surface area contributed by atoms with E-state index < -0.39 is 17.6 Å². The molecule has 0 fully saturated rings. The van der Waals surface area contributed by atoms with Crippen molar-refractivity contribution >= 4 is 0 Å². The van der Waals surface area contributed by atoms with Gasteiger partial charge < -0.3 is 0 Å². The molecule has 0 aliphatic carbocycles. The fraction of sp³-hybridized carbons (Fsp3) is 0.167. The Bertz CT molecular complexity index is 538. The van der Waals surface area contributed by atoms with Crippen molar-refractivity contribution in [1.29, 1.82) is 0 Å². The van der Waals surface area contributed by atoms with Crippen LogP contribution in [0.15, 0.2) is 36.7 Å². The second-order valence-corrected chi connectivity index (χ2v) is 3.65. The lowest BCUT2D eigenvalue weighted by Crippen LogP contribution is -2.09. The molecule has 0 bridgehead atoms. The zero-order chi connectivity index (χ0) is 13.2. The van der Waals surface area contributed by atoms with Crippen LogP contribution in [0.25, 0.3) is 0 Å². The van der Waals surface area contributed by atoms with Crippen molar-refractivity contribution in [2.75, 3.05) is 0 Å². The summed E-state index contributed by atoms with van der Waals surface area (Å²) in [5.74, 6) is -0.891. The lowest BCUT2D eigenvalue weighted by atomic mass is 10.1. The Labute approximate surface area is 100 Å². The van der Waals surface area contributed by atoms with Gasteiger partial charge in [-0.1, -0.05) is 6.07 Å². The van der Waals surface area contributed by atoms with Crippen LogP contribution in [-0.2, 0) is 12.6 Å². The van der Waals surface area contributed by atoms with Gasteiger partial charge >= 0.3 is 6.18 Å². The number of halogens is 4. The second-order valence-electron chi connectivity index (χ2n) is 3.65. The van der Waals surface area contributed by atoms with Gasteiger partial charge in [0, 0.05) is 18.8 Å². The number of aromatic nitrogens is 2. The standard InChI is InChI=1S/C12H8F4N2/c13-10-3-2-8(6-9(10)12(14,15)16)7-11-17-4-1-5-18-11/h1-6H,7H2. The molecular weight excluding hydrogens is 248 g/mol. The molecule has 0 spiro atoms. The summed E-state index contributed by atoms with van der Waals surface area (Å²) in [7, 11) is 0. The summed E-state index contributed by atoms with van der Waals surface area (Å²) in [5, 5.41) is 0. The van der Waals surface area contributed by atoms with E-state index in [1.54, 1.807) is 6.07 Å². The van der Waals surface area contributed by atoms with Crippen LogP contribution in [0.3, 0.4) is 0 Å². The number of hydrogen-bond donors (Lipinski definition) is 0. The van der Waals surface area contributed by atoms with E-state index in [1.165, 1.54) is 18.5 Å². The molecule has 0 aliphatic heterocycles. The Morgan fingerprint density at radius 2 is 1.72 bits per heavy atom. The summed E-state index contributed by atoms with van der Waals surface area (Å²) < 4.78 is 50.5. The van der Waals surface area contributed by atoms with Gasteiger partial charge in [0.1, 0.15) is 11.6 Å². The fourth-order valence-corrected chi connectivity index (χ4v) is 1.50. The number of alkyl halides is 3. The summed E-state index contributed by atoms with van der Waals surface area (Å²) in [5.41, 5.74) is -0.953. The molecule has 18 heavy (non-hydrogen) atoms. The van der Waals surface area contributed by atoms with E-state index in [1.807, 2.05) is 0 Å². The Balaban J connectivity index is 2.31. The summed E-state index contributed by atoms with van der Waals surface area (Å²) in [6, 6.07) is 4.49. The molecule has 0 saturated carbocycles. The maximum absolute atomic E-state index is 13.1. The van der Waals surface area contributed by atoms with E-state index in [-0.39, 0.29) is 6.42 Å². The van der Waals surface area contributed by atoms with Crippen molar-refractivity contribution in [2.24, 2.45) is 0 Å². The van der Waals surface area contributed by atoms with Gasteiger partial charge in [0.2, 0.25) is 0 Å². The van der Waals surface area contributed by atoms with Crippen molar-refractivity contribution in [1.82, 2.24) is 9.97 Å². The largest absolute Gasteiger partial charge is 0.419 e. The predicted octanol–water partition coefficient (Wildman–Crippen LogP) is 3.23. The molecular formula is C12H8F4N2. The van der Waals surface area contributed by atoms with Crippen molar-refractivity contribution in [2.45, 2.75) is 12.6 Å². The van der Waals surface area contributed by atoms with E-state index >= 15 is 0 Å². The van der Waals surface area contributed by atoms with Gasteiger partial charge in [-0.25, -0.2) is 14.4 Å². The van der Waals surface area contributed by atoms with E-state index in [4.69, 9.17) is 0 Å². The van der Waals surface area contributed by atoms with Crippen molar-refractivity contribution in [3.63, 3.8) is 0 Å². The first-order valence-electron chi connectivity index (χ1n) is 5.08. The Morgan fingerprint density at radius 3 is 2.33 bits per heavy atom. The minimum atomic E-state index is -4.70. The average Bonchev–Trinajstić information content (AvgIpc) is 2.31. The highest BCUT2D eigenvalue weighted by Gasteiger charge is 2.34. The summed E-state index contributed by atoms with van der Waals surface area (Å²) >= 11 is 0. The van der Waals surface area contributed by atoms with Gasteiger partial charge in [-0.3, -0.25) is 0 Å². The van der Waals surface area contributed by atoms with Crippen LogP contribution in [0.4, 0.5) is 17.6 Å². The number of rotatable bonds is 2. The molecule has 0 amide bonds. The molecule has 0 N–H and O–H groups in total. The van der Waals surface area contributed by atoms with Crippen molar-refractivity contribution in [3.8, 4) is 0 Å². The minimum Gasteiger partial charge on any atom is -0.241 e. The van der Waals surface area contributed by atoms with Crippen molar-refractivity contribution < 1.29 is 17.6 Å². The van der Waals surface area contributed by atoms with Gasteiger partial charge in [0.25, 0.3) is 0 Å². The van der Waals surface area contributed by atoms with Crippen LogP contribution in [0.1, 0.15) is 17.0 Å². The smallest absolute Gasteiger partial charge is 0.241 e. The maximum atomic E-state index is 13.1. The molecule has 6 heteroatoms. The van der Waals surface area contributed by atoms with E-state index in [0.717, 1.165) is 12.1 Å². The number of benzene rings is 1. The van der Waals surface area contributed by atoms with Crippen LogP contribution in [0, 0.1) is 5.82 Å². The quantitative estimate of drug-likeness (QED) is 0.771. The summed E-state index contributed by atoms with van der Waals surface area (Å²) in [6.07, 6.45) is -1.57. The summed E-state index contributed by atoms with van der Waals surface area (Å²) in [4.78, 5) is 7.80. The van der Waals surface area contributed by atoms with Crippen LogP contribution >= 0.6 is 0 Å². The highest BCUT2D eigenvalue weighted by atomic mass is 19.4. The monoisotopic (exact) mass is 256 g/mol. The van der Waals surface area contributed by atoms with Crippen LogP contribution < -0.4 is 0 Å². The molecule has 1 aromatic carbocycles. The molecule has 94 valence electrons. The Kier molecular flexibility index (Phi) is 3.27. The minimum absolute atomic E-state index is 0.129. The molecule has 0 saturated heterocycles. The third kappa shape index (κ3) is 2.82. The number of hydrogen-bond acceptors (Lipinski definition) is 2. The average molecular weight is 256 g/mol. The van der Waals surface area contributed by atoms with Gasteiger partial charge in [0.05, 0.1) is 5.56 Å². The van der Waals surface area contributed by atoms with E-state index in [2.05, 4.69) is 9.97 Å². The molecule has 1 heterocycles. The van der Waals surface area contributed by atoms with E-state index in [0.29, 0.717) is 11.4 Å². The van der Waals surface area contributed by atoms with Gasteiger partial charge in [-0.2, -0.15) is 13.2 Å². The molecule has 2 rings (SSSR count). The fourth-order valence-electron chi connectivity index (χ4n) is 1.50. The summed E-state index contributed by atoms with van der Waals surface area (Å²) in [6.45, 7) is 0. The second kappa shape index (κ2) is 4.72. The first kappa shape index (κ1) is 12.5. The lowest BCUT2D eigenvalue weighted by molar-refractivity contribution is -0.140. The van der Waals surface area contributed by atoms with Crippen LogP contribution in [-0.4, -0.2) is 9.97 Å². The number of nitrogens with zero attached hydrogens (tertiary/aromatic N) is 2. The third-order valence-electron chi connectivity index (χ3n) is 2.32. The Hall–Kier alpha value is -1.98. The maximum Gasteiger partial charge on any atom is 0.419 e. The molecule has 0 atom stereocenters. The van der Waals surface area contributed by atoms with Gasteiger partial charge in [-0.15, -0.1) is 0 Å². The zero-order valence-corrected chi connectivity index (χ0v) is 9.08. The molecule has 0 radical (unpaired) electrons. The molecule has 0 aliphatic rings. The molecule has 0 unspecified atom stereocenters. The SMILES string of the molecule is Fc1ccc(Cc2ncccn2)cc1C(F)(F)F. The third-order valence-corrected chi connectivity index (χ3v) is 2.32. The Morgan fingerprint density at radius 1 is 1.06 bits per heavy atom. The lowest BCUT2D eigenvalue weighted by Gasteiger charge is -2.09. The topological polar surface area (TPSA) is 25.8 Å². The van der Waals surface area contributed by atoms with E-state index in [9.17, 15) is 17.6 Å². The van der Waals surface area contributed by atoms with Crippen molar-refractivity contribution in [3.05, 3.63) is 59.4 Å². The highest BCUT2D eigenvalue weighted by Crippen LogP contribution is 2.32. The normalized spacial score (nSPS) is 11.6. The van der Waals surface area contributed by atoms with Crippen LogP contribution in [0.5, 0.6) is 0 Å². The molecule has 2 nitrogen and oxygen atoms in total. The predicted molar refractivity (Wildman–Crippen MR) is 56.2 cm³/mol. The zero-order valence-electron chi connectivity index (χ0n) is 9.08. The first-order chi connectivity index (χ1) is 8.47. The van der Waals surface area contributed by atoms with Crippen LogP contribution in [0.2, 0.25) is 0 Å². The molecule has 2 aromatic rings. The highest BCUT2D eigenvalue weighted by molar-refractivity contribution is 5.29. The van der Waals surface area contributed by atoms with Gasteiger partial charge in [-0.05, 0) is 23.8 Å².